The number of carbonyl (C=O) groups is 1. The van der Waals surface area contributed by atoms with Gasteiger partial charge in [0, 0.05) is 18.1 Å². The average Bonchev–Trinajstić information content (AvgIpc) is 2.48. The summed E-state index contributed by atoms with van der Waals surface area (Å²) in [6.07, 6.45) is 4.70. The monoisotopic (exact) mass is 293 g/mol. The molecular formula is C16H20ClNO2. The van der Waals surface area contributed by atoms with E-state index in [2.05, 4.69) is 13.0 Å². The van der Waals surface area contributed by atoms with E-state index in [1.807, 2.05) is 24.3 Å². The van der Waals surface area contributed by atoms with Crippen LogP contribution in [0.2, 0.25) is 5.02 Å². The molecule has 4 heteroatoms. The van der Waals surface area contributed by atoms with E-state index in [-0.39, 0.29) is 6.09 Å². The van der Waals surface area contributed by atoms with Crippen LogP contribution in [0.5, 0.6) is 0 Å². The molecule has 0 saturated carbocycles. The van der Waals surface area contributed by atoms with Crippen LogP contribution in [-0.4, -0.2) is 30.7 Å². The smallest absolute Gasteiger partial charge is 0.410 e. The van der Waals surface area contributed by atoms with Gasteiger partial charge in [-0.05, 0) is 36.1 Å². The van der Waals surface area contributed by atoms with Crippen molar-refractivity contribution in [3.8, 4) is 0 Å². The molecule has 108 valence electrons. The van der Waals surface area contributed by atoms with Gasteiger partial charge < -0.3 is 9.64 Å². The average molecular weight is 294 g/mol. The minimum absolute atomic E-state index is 0.204. The SMILES string of the molecule is CCCCOC(=O)N1CC=C(c2ccc(Cl)cc2)CC1. The van der Waals surface area contributed by atoms with Crippen LogP contribution < -0.4 is 0 Å². The molecule has 1 heterocycles. The Labute approximate surface area is 125 Å². The van der Waals surface area contributed by atoms with Crippen molar-refractivity contribution >= 4 is 23.3 Å². The summed E-state index contributed by atoms with van der Waals surface area (Å²) in [7, 11) is 0. The van der Waals surface area contributed by atoms with Crippen LogP contribution in [-0.2, 0) is 4.74 Å². The number of amides is 1. The predicted molar refractivity (Wildman–Crippen MR) is 81.9 cm³/mol. The van der Waals surface area contributed by atoms with Crippen LogP contribution in [0.25, 0.3) is 5.57 Å². The van der Waals surface area contributed by atoms with Gasteiger partial charge in [0.2, 0.25) is 0 Å². The molecule has 0 N–H and O–H groups in total. The van der Waals surface area contributed by atoms with Gasteiger partial charge >= 0.3 is 6.09 Å². The van der Waals surface area contributed by atoms with Crippen LogP contribution in [0.15, 0.2) is 30.3 Å². The first-order chi connectivity index (χ1) is 9.70. The van der Waals surface area contributed by atoms with Crippen molar-refractivity contribution in [2.75, 3.05) is 19.7 Å². The van der Waals surface area contributed by atoms with Gasteiger partial charge in [-0.1, -0.05) is 43.2 Å². The molecule has 0 saturated heterocycles. The number of benzene rings is 1. The highest BCUT2D eigenvalue weighted by Gasteiger charge is 2.18. The maximum absolute atomic E-state index is 11.8. The van der Waals surface area contributed by atoms with Gasteiger partial charge in [-0.15, -0.1) is 0 Å². The summed E-state index contributed by atoms with van der Waals surface area (Å²) in [5.74, 6) is 0. The molecular weight excluding hydrogens is 274 g/mol. The Hall–Kier alpha value is -1.48. The fourth-order valence-electron chi connectivity index (χ4n) is 2.16. The largest absolute Gasteiger partial charge is 0.449 e. The lowest BCUT2D eigenvalue weighted by Gasteiger charge is -2.26. The molecule has 0 aliphatic carbocycles. The van der Waals surface area contributed by atoms with E-state index in [4.69, 9.17) is 16.3 Å². The van der Waals surface area contributed by atoms with Crippen molar-refractivity contribution in [2.24, 2.45) is 0 Å². The molecule has 0 atom stereocenters. The molecule has 0 unspecified atom stereocenters. The number of nitrogens with zero attached hydrogens (tertiary/aromatic N) is 1. The molecule has 0 aromatic heterocycles. The molecule has 1 aliphatic heterocycles. The third kappa shape index (κ3) is 4.01. The number of hydrogen-bond donors (Lipinski definition) is 0. The van der Waals surface area contributed by atoms with Crippen LogP contribution in [0.3, 0.4) is 0 Å². The van der Waals surface area contributed by atoms with E-state index in [1.165, 1.54) is 11.1 Å². The number of unbranched alkanes of at least 4 members (excludes halogenated alkanes) is 1. The first-order valence-electron chi connectivity index (χ1n) is 7.07. The van der Waals surface area contributed by atoms with Crippen molar-refractivity contribution < 1.29 is 9.53 Å². The van der Waals surface area contributed by atoms with Gasteiger partial charge in [-0.25, -0.2) is 4.79 Å². The van der Waals surface area contributed by atoms with E-state index >= 15 is 0 Å². The highest BCUT2D eigenvalue weighted by Crippen LogP contribution is 2.23. The molecule has 0 fully saturated rings. The van der Waals surface area contributed by atoms with Crippen molar-refractivity contribution in [2.45, 2.75) is 26.2 Å². The topological polar surface area (TPSA) is 29.5 Å². The fraction of sp³-hybridized carbons (Fsp3) is 0.438. The number of ether oxygens (including phenoxy) is 1. The van der Waals surface area contributed by atoms with E-state index in [0.29, 0.717) is 19.7 Å². The molecule has 3 nitrogen and oxygen atoms in total. The van der Waals surface area contributed by atoms with Crippen LogP contribution in [0.4, 0.5) is 4.79 Å². The van der Waals surface area contributed by atoms with Crippen molar-refractivity contribution in [3.05, 3.63) is 40.9 Å². The Kier molecular flexibility index (Phi) is 5.48. The molecule has 0 bridgehead atoms. The second-order valence-corrected chi connectivity index (χ2v) is 5.34. The van der Waals surface area contributed by atoms with Gasteiger partial charge in [0.15, 0.2) is 0 Å². The highest BCUT2D eigenvalue weighted by atomic mass is 35.5. The molecule has 1 amide bonds. The number of rotatable bonds is 4. The van der Waals surface area contributed by atoms with Crippen molar-refractivity contribution in [1.82, 2.24) is 4.90 Å². The summed E-state index contributed by atoms with van der Waals surface area (Å²) in [5, 5.41) is 0.742. The van der Waals surface area contributed by atoms with Gasteiger partial charge in [-0.3, -0.25) is 0 Å². The van der Waals surface area contributed by atoms with Gasteiger partial charge in [0.05, 0.1) is 6.61 Å². The summed E-state index contributed by atoms with van der Waals surface area (Å²) in [6, 6.07) is 7.82. The van der Waals surface area contributed by atoms with Crippen LogP contribution >= 0.6 is 11.6 Å². The van der Waals surface area contributed by atoms with Crippen LogP contribution in [0.1, 0.15) is 31.7 Å². The predicted octanol–water partition coefficient (Wildman–Crippen LogP) is 4.37. The molecule has 1 aromatic carbocycles. The zero-order valence-corrected chi connectivity index (χ0v) is 12.5. The lowest BCUT2D eigenvalue weighted by molar-refractivity contribution is 0.105. The van der Waals surface area contributed by atoms with Gasteiger partial charge in [-0.2, -0.15) is 0 Å². The lowest BCUT2D eigenvalue weighted by atomic mass is 10.00. The maximum atomic E-state index is 11.8. The van der Waals surface area contributed by atoms with E-state index in [1.54, 1.807) is 4.90 Å². The molecule has 0 radical (unpaired) electrons. The van der Waals surface area contributed by atoms with Crippen molar-refractivity contribution in [3.63, 3.8) is 0 Å². The zero-order valence-electron chi connectivity index (χ0n) is 11.8. The standard InChI is InChI=1S/C16H20ClNO2/c1-2-3-12-20-16(19)18-10-8-14(9-11-18)13-4-6-15(17)7-5-13/h4-8H,2-3,9-12H2,1H3. The number of halogens is 1. The molecule has 1 aromatic rings. The Morgan fingerprint density at radius 3 is 2.70 bits per heavy atom. The Bertz CT molecular complexity index is 482. The van der Waals surface area contributed by atoms with Gasteiger partial charge in [0.1, 0.15) is 0 Å². The summed E-state index contributed by atoms with van der Waals surface area (Å²) in [4.78, 5) is 13.6. The maximum Gasteiger partial charge on any atom is 0.410 e. The number of hydrogen-bond acceptors (Lipinski definition) is 2. The minimum atomic E-state index is -0.204. The third-order valence-corrected chi connectivity index (χ3v) is 3.66. The highest BCUT2D eigenvalue weighted by molar-refractivity contribution is 6.30. The normalized spacial score (nSPS) is 14.9. The zero-order chi connectivity index (χ0) is 14.4. The summed E-state index contributed by atoms with van der Waals surface area (Å²) >= 11 is 5.89. The third-order valence-electron chi connectivity index (χ3n) is 3.41. The minimum Gasteiger partial charge on any atom is -0.449 e. The fourth-order valence-corrected chi connectivity index (χ4v) is 2.28. The Morgan fingerprint density at radius 1 is 1.35 bits per heavy atom. The van der Waals surface area contributed by atoms with E-state index < -0.39 is 0 Å². The quantitative estimate of drug-likeness (QED) is 0.772. The molecule has 20 heavy (non-hydrogen) atoms. The first-order valence-corrected chi connectivity index (χ1v) is 7.45. The molecule has 0 spiro atoms. The molecule has 1 aliphatic rings. The lowest BCUT2D eigenvalue weighted by Crippen LogP contribution is -2.35. The van der Waals surface area contributed by atoms with E-state index in [9.17, 15) is 4.79 Å². The van der Waals surface area contributed by atoms with E-state index in [0.717, 1.165) is 24.3 Å². The number of carbonyl (C=O) groups excluding carboxylic acids is 1. The second kappa shape index (κ2) is 7.34. The Balaban J connectivity index is 1.89. The summed E-state index contributed by atoms with van der Waals surface area (Å²) < 4.78 is 5.22. The second-order valence-electron chi connectivity index (χ2n) is 4.90. The van der Waals surface area contributed by atoms with Gasteiger partial charge in [0.25, 0.3) is 0 Å². The summed E-state index contributed by atoms with van der Waals surface area (Å²) in [5.41, 5.74) is 2.44. The van der Waals surface area contributed by atoms with Crippen LogP contribution in [0, 0.1) is 0 Å². The first kappa shape index (κ1) is 14.9. The summed E-state index contributed by atoms with van der Waals surface area (Å²) in [6.45, 7) is 3.91. The Morgan fingerprint density at radius 2 is 2.10 bits per heavy atom. The molecule has 2 rings (SSSR count). The van der Waals surface area contributed by atoms with Crippen molar-refractivity contribution in [1.29, 1.82) is 0 Å².